The molecule has 21 heavy (non-hydrogen) atoms. The summed E-state index contributed by atoms with van der Waals surface area (Å²) in [4.78, 5) is 2.49. The molecule has 0 aliphatic carbocycles. The lowest BCUT2D eigenvalue weighted by atomic mass is 9.99. The molecule has 1 unspecified atom stereocenters. The fourth-order valence-electron chi connectivity index (χ4n) is 2.96. The third-order valence-corrected chi connectivity index (χ3v) is 3.96. The first kappa shape index (κ1) is 16.2. The Morgan fingerprint density at radius 2 is 2.19 bits per heavy atom. The maximum Gasteiger partial charge on any atom is 0.143 e. The minimum Gasteiger partial charge on any atom is -0.489 e. The van der Waals surface area contributed by atoms with Gasteiger partial charge in [0, 0.05) is 19.6 Å². The van der Waals surface area contributed by atoms with Gasteiger partial charge in [-0.25, -0.2) is 0 Å². The van der Waals surface area contributed by atoms with Crippen LogP contribution in [-0.2, 0) is 6.54 Å². The van der Waals surface area contributed by atoms with Gasteiger partial charge in [0.15, 0.2) is 0 Å². The van der Waals surface area contributed by atoms with Gasteiger partial charge in [-0.1, -0.05) is 19.9 Å². The summed E-state index contributed by atoms with van der Waals surface area (Å²) >= 11 is 0. The molecule has 0 saturated carbocycles. The van der Waals surface area contributed by atoms with Crippen molar-refractivity contribution in [3.8, 4) is 5.75 Å². The second-order valence-electron chi connectivity index (χ2n) is 6.44. The summed E-state index contributed by atoms with van der Waals surface area (Å²) < 4.78 is 6.08. The Morgan fingerprint density at radius 1 is 1.38 bits per heavy atom. The summed E-state index contributed by atoms with van der Waals surface area (Å²) in [6.07, 6.45) is 2.83. The average molecular weight is 290 g/mol. The zero-order valence-electron chi connectivity index (χ0n) is 14.0. The van der Waals surface area contributed by atoms with Gasteiger partial charge in [-0.15, -0.1) is 0 Å². The molecule has 0 spiro atoms. The number of hydrogen-bond donors (Lipinski definition) is 1. The van der Waals surface area contributed by atoms with Gasteiger partial charge in [-0.05, 0) is 56.8 Å². The van der Waals surface area contributed by atoms with Crippen LogP contribution in [0.15, 0.2) is 18.2 Å². The highest BCUT2D eigenvalue weighted by Gasteiger charge is 2.20. The first-order valence-electron chi connectivity index (χ1n) is 8.35. The lowest BCUT2D eigenvalue weighted by molar-refractivity contribution is 0.242. The Labute approximate surface area is 129 Å². The predicted molar refractivity (Wildman–Crippen MR) is 90.2 cm³/mol. The van der Waals surface area contributed by atoms with Crippen molar-refractivity contribution in [2.75, 3.05) is 24.5 Å². The normalized spacial score (nSPS) is 19.1. The molecule has 1 atom stereocenters. The molecule has 1 aromatic carbocycles. The summed E-state index contributed by atoms with van der Waals surface area (Å²) in [6.45, 7) is 12.8. The van der Waals surface area contributed by atoms with Crippen molar-refractivity contribution in [1.82, 2.24) is 5.32 Å². The predicted octanol–water partition coefficient (Wildman–Crippen LogP) is 3.82. The third kappa shape index (κ3) is 4.63. The number of nitrogens with one attached hydrogen (secondary N) is 1. The minimum absolute atomic E-state index is 0.209. The van der Waals surface area contributed by atoms with Crippen LogP contribution in [0.2, 0.25) is 0 Å². The molecule has 2 rings (SSSR count). The Kier molecular flexibility index (Phi) is 5.92. The molecule has 118 valence electrons. The Bertz CT molecular complexity index is 445. The maximum absolute atomic E-state index is 6.08. The van der Waals surface area contributed by atoms with Crippen LogP contribution >= 0.6 is 0 Å². The van der Waals surface area contributed by atoms with Crippen LogP contribution in [-0.4, -0.2) is 25.7 Å². The van der Waals surface area contributed by atoms with Crippen molar-refractivity contribution in [2.45, 2.75) is 53.2 Å². The first-order valence-corrected chi connectivity index (χ1v) is 8.35. The van der Waals surface area contributed by atoms with Crippen molar-refractivity contribution < 1.29 is 4.74 Å². The molecule has 1 aliphatic rings. The molecule has 1 fully saturated rings. The van der Waals surface area contributed by atoms with E-state index in [0.29, 0.717) is 0 Å². The number of hydrogen-bond acceptors (Lipinski definition) is 3. The van der Waals surface area contributed by atoms with Crippen LogP contribution < -0.4 is 15.0 Å². The summed E-state index contributed by atoms with van der Waals surface area (Å²) in [5, 5.41) is 3.38. The van der Waals surface area contributed by atoms with Crippen molar-refractivity contribution in [3.05, 3.63) is 23.8 Å². The molecule has 1 N–H and O–H groups in total. The number of benzene rings is 1. The smallest absolute Gasteiger partial charge is 0.143 e. The van der Waals surface area contributed by atoms with Crippen LogP contribution in [0.4, 0.5) is 5.69 Å². The molecule has 0 aromatic heterocycles. The molecular formula is C18H30N2O. The molecule has 1 aromatic rings. The molecule has 0 amide bonds. The number of anilines is 1. The van der Waals surface area contributed by atoms with E-state index < -0.39 is 0 Å². The van der Waals surface area contributed by atoms with E-state index in [2.05, 4.69) is 56.1 Å². The number of rotatable bonds is 6. The van der Waals surface area contributed by atoms with Gasteiger partial charge in [0.1, 0.15) is 5.75 Å². The molecule has 0 bridgehead atoms. The highest BCUT2D eigenvalue weighted by atomic mass is 16.5. The zero-order chi connectivity index (χ0) is 15.2. The quantitative estimate of drug-likeness (QED) is 0.862. The van der Waals surface area contributed by atoms with Gasteiger partial charge >= 0.3 is 0 Å². The molecule has 3 nitrogen and oxygen atoms in total. The number of nitrogens with zero attached hydrogens (tertiary/aromatic N) is 1. The second kappa shape index (κ2) is 7.69. The fraction of sp³-hybridized carbons (Fsp3) is 0.667. The van der Waals surface area contributed by atoms with Crippen molar-refractivity contribution in [2.24, 2.45) is 5.92 Å². The lowest BCUT2D eigenvalue weighted by Gasteiger charge is -2.34. The van der Waals surface area contributed by atoms with Crippen LogP contribution in [0.25, 0.3) is 0 Å². The number of piperidine rings is 1. The van der Waals surface area contributed by atoms with Crippen molar-refractivity contribution >= 4 is 5.69 Å². The van der Waals surface area contributed by atoms with Crippen LogP contribution in [0, 0.1) is 5.92 Å². The van der Waals surface area contributed by atoms with Crippen molar-refractivity contribution in [1.29, 1.82) is 0 Å². The average Bonchev–Trinajstić information content (AvgIpc) is 2.44. The molecule has 1 heterocycles. The van der Waals surface area contributed by atoms with E-state index >= 15 is 0 Å². The highest BCUT2D eigenvalue weighted by molar-refractivity contribution is 5.60. The van der Waals surface area contributed by atoms with Gasteiger partial charge < -0.3 is 15.0 Å². The summed E-state index contributed by atoms with van der Waals surface area (Å²) in [7, 11) is 0. The highest BCUT2D eigenvalue weighted by Crippen LogP contribution is 2.33. The fourth-order valence-corrected chi connectivity index (χ4v) is 2.96. The first-order chi connectivity index (χ1) is 10.1. The van der Waals surface area contributed by atoms with Gasteiger partial charge in [0.05, 0.1) is 11.8 Å². The monoisotopic (exact) mass is 290 g/mol. The van der Waals surface area contributed by atoms with E-state index in [9.17, 15) is 0 Å². The minimum atomic E-state index is 0.209. The number of ether oxygens (including phenoxy) is 1. The zero-order valence-corrected chi connectivity index (χ0v) is 14.0. The van der Waals surface area contributed by atoms with E-state index in [4.69, 9.17) is 4.74 Å². The molecular weight excluding hydrogens is 260 g/mol. The van der Waals surface area contributed by atoms with Gasteiger partial charge in [-0.2, -0.15) is 0 Å². The molecule has 1 aliphatic heterocycles. The summed E-state index contributed by atoms with van der Waals surface area (Å²) in [5.74, 6) is 1.81. The Morgan fingerprint density at radius 3 is 2.86 bits per heavy atom. The van der Waals surface area contributed by atoms with Gasteiger partial charge in [0.25, 0.3) is 0 Å². The SMILES string of the molecule is CCNCc1ccc(N2CCCC(C)C2)c(OC(C)C)c1. The van der Waals surface area contributed by atoms with Gasteiger partial charge in [0.2, 0.25) is 0 Å². The molecule has 0 radical (unpaired) electrons. The Hall–Kier alpha value is -1.22. The van der Waals surface area contributed by atoms with Crippen LogP contribution in [0.1, 0.15) is 46.1 Å². The lowest BCUT2D eigenvalue weighted by Crippen LogP contribution is -2.34. The van der Waals surface area contributed by atoms with E-state index in [0.717, 1.165) is 37.8 Å². The maximum atomic E-state index is 6.08. The second-order valence-corrected chi connectivity index (χ2v) is 6.44. The molecule has 1 saturated heterocycles. The van der Waals surface area contributed by atoms with Crippen LogP contribution in [0.5, 0.6) is 5.75 Å². The summed E-state index contributed by atoms with van der Waals surface area (Å²) in [5.41, 5.74) is 2.55. The van der Waals surface area contributed by atoms with E-state index in [1.54, 1.807) is 0 Å². The molecule has 3 heteroatoms. The van der Waals surface area contributed by atoms with E-state index in [1.165, 1.54) is 24.1 Å². The van der Waals surface area contributed by atoms with Crippen LogP contribution in [0.3, 0.4) is 0 Å². The Balaban J connectivity index is 2.21. The van der Waals surface area contributed by atoms with E-state index in [-0.39, 0.29) is 6.10 Å². The third-order valence-electron chi connectivity index (χ3n) is 3.96. The standard InChI is InChI=1S/C18H30N2O/c1-5-19-12-16-8-9-17(18(11-16)21-14(2)3)20-10-6-7-15(4)13-20/h8-9,11,14-15,19H,5-7,10,12-13H2,1-4H3. The van der Waals surface area contributed by atoms with E-state index in [1.807, 2.05) is 0 Å². The van der Waals surface area contributed by atoms with Gasteiger partial charge in [-0.3, -0.25) is 0 Å². The topological polar surface area (TPSA) is 24.5 Å². The van der Waals surface area contributed by atoms with Crippen molar-refractivity contribution in [3.63, 3.8) is 0 Å². The largest absolute Gasteiger partial charge is 0.489 e. The summed E-state index contributed by atoms with van der Waals surface area (Å²) in [6, 6.07) is 6.67.